The fourth-order valence-electron chi connectivity index (χ4n) is 1.79. The molecule has 0 N–H and O–H groups in total. The van der Waals surface area contributed by atoms with E-state index in [1.165, 1.54) is 13.8 Å². The van der Waals surface area contributed by atoms with Crippen molar-refractivity contribution in [3.05, 3.63) is 35.4 Å². The Morgan fingerprint density at radius 3 is 2.52 bits per heavy atom. The second-order valence-corrected chi connectivity index (χ2v) is 6.94. The molecular formula is C16H22O4S. The molecule has 1 rings (SSSR count). The lowest BCUT2D eigenvalue weighted by atomic mass is 9.89. The first kappa shape index (κ1) is 17.6. The van der Waals surface area contributed by atoms with Crippen molar-refractivity contribution in [3.8, 4) is 0 Å². The largest absolute Gasteiger partial charge is 0.465 e. The summed E-state index contributed by atoms with van der Waals surface area (Å²) in [6, 6.07) is 7.68. The van der Waals surface area contributed by atoms with Gasteiger partial charge in [-0.3, -0.25) is 13.8 Å². The second kappa shape index (κ2) is 7.50. The Bertz CT molecular complexity index is 549. The molecule has 1 atom stereocenters. The number of aryl methyl sites for hydroxylation is 1. The van der Waals surface area contributed by atoms with Gasteiger partial charge in [-0.05, 0) is 33.3 Å². The van der Waals surface area contributed by atoms with Gasteiger partial charge in [0.1, 0.15) is 5.41 Å². The van der Waals surface area contributed by atoms with E-state index in [9.17, 15) is 13.8 Å². The molecule has 0 radical (unpaired) electrons. The van der Waals surface area contributed by atoms with Crippen LogP contribution in [0, 0.1) is 12.3 Å². The van der Waals surface area contributed by atoms with Gasteiger partial charge in [-0.25, -0.2) is 0 Å². The van der Waals surface area contributed by atoms with Gasteiger partial charge in [0.25, 0.3) is 0 Å². The SMILES string of the molecule is CCOC(=O)C(C)(C)C(=O)CS(=O)Cc1cccc(C)c1. The summed E-state index contributed by atoms with van der Waals surface area (Å²) in [6.07, 6.45) is 0. The van der Waals surface area contributed by atoms with E-state index in [4.69, 9.17) is 4.74 Å². The Morgan fingerprint density at radius 2 is 1.95 bits per heavy atom. The number of ether oxygens (including phenoxy) is 1. The fraction of sp³-hybridized carbons (Fsp3) is 0.500. The molecule has 116 valence electrons. The van der Waals surface area contributed by atoms with Crippen LogP contribution in [0.4, 0.5) is 0 Å². The number of rotatable bonds is 7. The molecule has 0 saturated heterocycles. The van der Waals surface area contributed by atoms with Crippen LogP contribution in [-0.2, 0) is 30.9 Å². The van der Waals surface area contributed by atoms with Crippen LogP contribution in [0.1, 0.15) is 31.9 Å². The zero-order valence-corrected chi connectivity index (χ0v) is 13.8. The van der Waals surface area contributed by atoms with Crippen molar-refractivity contribution in [3.63, 3.8) is 0 Å². The predicted molar refractivity (Wildman–Crippen MR) is 83.3 cm³/mol. The first-order valence-electron chi connectivity index (χ1n) is 6.88. The molecule has 0 aliphatic rings. The summed E-state index contributed by atoms with van der Waals surface area (Å²) in [5, 5.41) is 0. The Kier molecular flexibility index (Phi) is 6.27. The van der Waals surface area contributed by atoms with Gasteiger partial charge in [0.2, 0.25) is 0 Å². The molecule has 0 aromatic heterocycles. The average Bonchev–Trinajstić information content (AvgIpc) is 2.38. The normalized spacial score (nSPS) is 12.8. The standard InChI is InChI=1S/C16H22O4S/c1-5-20-15(18)16(3,4)14(17)11-21(19)10-13-8-6-7-12(2)9-13/h6-9H,5,10-11H2,1-4H3. The summed E-state index contributed by atoms with van der Waals surface area (Å²) in [6.45, 7) is 6.89. The highest BCUT2D eigenvalue weighted by molar-refractivity contribution is 7.84. The Hall–Kier alpha value is -1.49. The maximum absolute atomic E-state index is 12.2. The van der Waals surface area contributed by atoms with Gasteiger partial charge < -0.3 is 4.74 Å². The topological polar surface area (TPSA) is 60.4 Å². The van der Waals surface area contributed by atoms with Gasteiger partial charge in [-0.1, -0.05) is 29.8 Å². The Labute approximate surface area is 128 Å². The molecule has 0 fully saturated rings. The molecule has 0 aliphatic heterocycles. The van der Waals surface area contributed by atoms with Gasteiger partial charge in [-0.15, -0.1) is 0 Å². The summed E-state index contributed by atoms with van der Waals surface area (Å²) >= 11 is 0. The van der Waals surface area contributed by atoms with Gasteiger partial charge in [0.15, 0.2) is 5.78 Å². The maximum atomic E-state index is 12.2. The van der Waals surface area contributed by atoms with E-state index < -0.39 is 22.2 Å². The van der Waals surface area contributed by atoms with Crippen molar-refractivity contribution in [1.82, 2.24) is 0 Å². The molecular weight excluding hydrogens is 288 g/mol. The monoisotopic (exact) mass is 310 g/mol. The number of hydrogen-bond donors (Lipinski definition) is 0. The van der Waals surface area contributed by atoms with Crippen molar-refractivity contribution < 1.29 is 18.5 Å². The first-order chi connectivity index (χ1) is 9.77. The highest BCUT2D eigenvalue weighted by Gasteiger charge is 2.37. The van der Waals surface area contributed by atoms with Crippen LogP contribution in [0.5, 0.6) is 0 Å². The first-order valence-corrected chi connectivity index (χ1v) is 8.37. The summed E-state index contributed by atoms with van der Waals surface area (Å²) < 4.78 is 17.0. The van der Waals surface area contributed by atoms with Crippen LogP contribution in [0.25, 0.3) is 0 Å². The number of ketones is 1. The zero-order valence-electron chi connectivity index (χ0n) is 13.0. The van der Waals surface area contributed by atoms with Crippen LogP contribution in [0.3, 0.4) is 0 Å². The van der Waals surface area contributed by atoms with Crippen molar-refractivity contribution in [1.29, 1.82) is 0 Å². The molecule has 1 unspecified atom stereocenters. The molecule has 21 heavy (non-hydrogen) atoms. The third kappa shape index (κ3) is 5.08. The quantitative estimate of drug-likeness (QED) is 0.573. The third-order valence-corrected chi connectivity index (χ3v) is 4.42. The minimum atomic E-state index is -1.33. The second-order valence-electron chi connectivity index (χ2n) is 5.49. The predicted octanol–water partition coefficient (Wildman–Crippen LogP) is 2.40. The van der Waals surface area contributed by atoms with Gasteiger partial charge in [0, 0.05) is 16.6 Å². The smallest absolute Gasteiger partial charge is 0.319 e. The van der Waals surface area contributed by atoms with Crippen molar-refractivity contribution in [2.75, 3.05) is 12.4 Å². The molecule has 0 heterocycles. The number of hydrogen-bond acceptors (Lipinski definition) is 4. The van der Waals surface area contributed by atoms with E-state index in [0.717, 1.165) is 11.1 Å². The van der Waals surface area contributed by atoms with Crippen LogP contribution in [0.2, 0.25) is 0 Å². The van der Waals surface area contributed by atoms with Gasteiger partial charge in [0.05, 0.1) is 12.4 Å². The third-order valence-electron chi connectivity index (χ3n) is 3.19. The fourth-order valence-corrected chi connectivity index (χ4v) is 3.10. The molecule has 5 heteroatoms. The Balaban J connectivity index is 2.66. The number of esters is 1. The van der Waals surface area contributed by atoms with E-state index in [1.807, 2.05) is 31.2 Å². The minimum absolute atomic E-state index is 0.139. The van der Waals surface area contributed by atoms with Gasteiger partial charge in [-0.2, -0.15) is 0 Å². The molecule has 0 spiro atoms. The number of carbonyl (C=O) groups is 2. The Morgan fingerprint density at radius 1 is 1.29 bits per heavy atom. The van der Waals surface area contributed by atoms with Crippen LogP contribution in [0.15, 0.2) is 24.3 Å². The van der Waals surface area contributed by atoms with Gasteiger partial charge >= 0.3 is 5.97 Å². The maximum Gasteiger partial charge on any atom is 0.319 e. The van der Waals surface area contributed by atoms with E-state index >= 15 is 0 Å². The van der Waals surface area contributed by atoms with Crippen molar-refractivity contribution >= 4 is 22.6 Å². The lowest BCUT2D eigenvalue weighted by Gasteiger charge is -2.20. The average molecular weight is 310 g/mol. The molecule has 0 aliphatic carbocycles. The van der Waals surface area contributed by atoms with E-state index in [-0.39, 0.29) is 18.1 Å². The number of Topliss-reactive ketones (excluding diaryl/α,β-unsaturated/α-hetero) is 1. The van der Waals surface area contributed by atoms with Crippen LogP contribution < -0.4 is 0 Å². The minimum Gasteiger partial charge on any atom is -0.465 e. The molecule has 0 saturated carbocycles. The molecule has 1 aromatic rings. The van der Waals surface area contributed by atoms with Crippen molar-refractivity contribution in [2.45, 2.75) is 33.4 Å². The summed E-state index contributed by atoms with van der Waals surface area (Å²) in [5.74, 6) is -0.749. The van der Waals surface area contributed by atoms with Crippen LogP contribution in [-0.4, -0.2) is 28.3 Å². The highest BCUT2D eigenvalue weighted by Crippen LogP contribution is 2.20. The molecule has 1 aromatic carbocycles. The van der Waals surface area contributed by atoms with E-state index in [0.29, 0.717) is 5.75 Å². The van der Waals surface area contributed by atoms with Crippen molar-refractivity contribution in [2.24, 2.45) is 5.41 Å². The molecule has 0 amide bonds. The number of benzene rings is 1. The van der Waals surface area contributed by atoms with Crippen LogP contribution >= 0.6 is 0 Å². The highest BCUT2D eigenvalue weighted by atomic mass is 32.2. The lowest BCUT2D eigenvalue weighted by molar-refractivity contribution is -0.157. The molecule has 0 bridgehead atoms. The summed E-state index contributed by atoms with van der Waals surface area (Å²) in [4.78, 5) is 23.9. The van der Waals surface area contributed by atoms with E-state index in [1.54, 1.807) is 6.92 Å². The number of carbonyl (C=O) groups excluding carboxylic acids is 2. The molecule has 4 nitrogen and oxygen atoms in total. The lowest BCUT2D eigenvalue weighted by Crippen LogP contribution is -2.38. The summed E-state index contributed by atoms with van der Waals surface area (Å²) in [5.41, 5.74) is 0.760. The zero-order chi connectivity index (χ0) is 16.0. The van der Waals surface area contributed by atoms with E-state index in [2.05, 4.69) is 0 Å². The summed E-state index contributed by atoms with van der Waals surface area (Å²) in [7, 11) is -1.33.